The Balaban J connectivity index is 1.16. The van der Waals surface area contributed by atoms with Gasteiger partial charge in [0, 0.05) is 30.9 Å². The first kappa shape index (κ1) is 25.5. The first-order valence-corrected chi connectivity index (χ1v) is 13.6. The Kier molecular flexibility index (Phi) is 7.60. The molecule has 1 N–H and O–H groups in total. The quantitative estimate of drug-likeness (QED) is 0.497. The number of hydrogen-bond donors (Lipinski definition) is 1. The maximum absolute atomic E-state index is 13.2. The number of hydrogen-bond acceptors (Lipinski definition) is 8. The number of sulfonamides is 1. The molecule has 0 spiro atoms. The highest BCUT2D eigenvalue weighted by Gasteiger charge is 2.28. The summed E-state index contributed by atoms with van der Waals surface area (Å²) in [7, 11) is -3.59. The van der Waals surface area contributed by atoms with E-state index in [1.54, 1.807) is 24.3 Å². The van der Waals surface area contributed by atoms with Crippen molar-refractivity contribution in [2.45, 2.75) is 24.3 Å². The fourth-order valence-corrected chi connectivity index (χ4v) is 5.94. The van der Waals surface area contributed by atoms with Crippen LogP contribution in [0, 0.1) is 11.7 Å². The van der Waals surface area contributed by atoms with Gasteiger partial charge in [0.05, 0.1) is 30.6 Å². The minimum absolute atomic E-state index is 0.119. The summed E-state index contributed by atoms with van der Waals surface area (Å²) in [5.41, 5.74) is 1.21. The lowest BCUT2D eigenvalue weighted by Crippen LogP contribution is -2.40. The number of nitrogens with one attached hydrogen (secondary N) is 1. The van der Waals surface area contributed by atoms with Crippen LogP contribution in [0.15, 0.2) is 57.9 Å². The van der Waals surface area contributed by atoms with Gasteiger partial charge in [-0.05, 0) is 67.9 Å². The van der Waals surface area contributed by atoms with Crippen molar-refractivity contribution in [1.82, 2.24) is 19.3 Å². The molecule has 5 rings (SSSR count). The molecule has 2 aliphatic rings. The maximum Gasteiger partial charge on any atom is 0.243 e. The van der Waals surface area contributed by atoms with Crippen LogP contribution < -0.4 is 5.32 Å². The number of aromatic nitrogens is 2. The standard InChI is InChI=1S/C25H28FN5O5S/c26-20-5-3-18(4-6-20)24-28-23(36-29-24)17-30-11-1-2-19(16-30)25(32)27-21-7-9-22(10-8-21)37(33,34)31-12-14-35-15-13-31/h3-10,19H,1-2,11-17H2,(H,27,32). The normalized spacial score (nSPS) is 19.5. The van der Waals surface area contributed by atoms with Crippen molar-refractivity contribution in [2.75, 3.05) is 44.7 Å². The number of amides is 1. The smallest absolute Gasteiger partial charge is 0.243 e. The van der Waals surface area contributed by atoms with Crippen LogP contribution in [0.2, 0.25) is 0 Å². The lowest BCUT2D eigenvalue weighted by molar-refractivity contribution is -0.121. The Hall–Kier alpha value is -3.19. The van der Waals surface area contributed by atoms with Gasteiger partial charge in [0.15, 0.2) is 0 Å². The van der Waals surface area contributed by atoms with E-state index in [4.69, 9.17) is 9.26 Å². The maximum atomic E-state index is 13.2. The lowest BCUT2D eigenvalue weighted by atomic mass is 9.97. The minimum atomic E-state index is -3.59. The number of likely N-dealkylation sites (tertiary alicyclic amines) is 1. The fourth-order valence-electron chi connectivity index (χ4n) is 4.53. The molecule has 0 bridgehead atoms. The number of rotatable bonds is 7. The number of halogens is 1. The molecule has 196 valence electrons. The molecule has 1 unspecified atom stereocenters. The predicted octanol–water partition coefficient (Wildman–Crippen LogP) is 2.75. The van der Waals surface area contributed by atoms with Crippen LogP contribution in [0.1, 0.15) is 18.7 Å². The summed E-state index contributed by atoms with van der Waals surface area (Å²) in [6.07, 6.45) is 1.59. The van der Waals surface area contributed by atoms with Crippen LogP contribution in [-0.4, -0.2) is 73.1 Å². The number of benzene rings is 2. The first-order chi connectivity index (χ1) is 17.9. The van der Waals surface area contributed by atoms with Gasteiger partial charge in [0.1, 0.15) is 5.82 Å². The topological polar surface area (TPSA) is 118 Å². The highest BCUT2D eigenvalue weighted by Crippen LogP contribution is 2.23. The number of carbonyl (C=O) groups excluding carboxylic acids is 1. The predicted molar refractivity (Wildman–Crippen MR) is 132 cm³/mol. The van der Waals surface area contributed by atoms with Crippen LogP contribution in [0.3, 0.4) is 0 Å². The van der Waals surface area contributed by atoms with Gasteiger partial charge in [-0.3, -0.25) is 9.69 Å². The highest BCUT2D eigenvalue weighted by molar-refractivity contribution is 7.89. The average molecular weight is 530 g/mol. The monoisotopic (exact) mass is 529 g/mol. The van der Waals surface area contributed by atoms with E-state index in [9.17, 15) is 17.6 Å². The summed E-state index contributed by atoms with van der Waals surface area (Å²) < 4.78 is 50.8. The molecule has 0 aliphatic carbocycles. The molecule has 1 amide bonds. The van der Waals surface area contributed by atoms with Crippen LogP contribution in [-0.2, 0) is 26.1 Å². The van der Waals surface area contributed by atoms with Crippen LogP contribution in [0.4, 0.5) is 10.1 Å². The molecule has 0 saturated carbocycles. The van der Waals surface area contributed by atoms with Crippen molar-refractivity contribution in [3.63, 3.8) is 0 Å². The summed E-state index contributed by atoms with van der Waals surface area (Å²) in [5, 5.41) is 6.89. The van der Waals surface area contributed by atoms with Crippen LogP contribution >= 0.6 is 0 Å². The van der Waals surface area contributed by atoms with E-state index in [-0.39, 0.29) is 22.5 Å². The molecule has 3 aromatic rings. The van der Waals surface area contributed by atoms with Gasteiger partial charge >= 0.3 is 0 Å². The van der Waals surface area contributed by atoms with Gasteiger partial charge in [0.2, 0.25) is 27.6 Å². The van der Waals surface area contributed by atoms with Gasteiger partial charge in [-0.2, -0.15) is 9.29 Å². The molecule has 12 heteroatoms. The molecule has 2 saturated heterocycles. The van der Waals surface area contributed by atoms with E-state index in [2.05, 4.69) is 20.4 Å². The third-order valence-corrected chi connectivity index (χ3v) is 8.45. The van der Waals surface area contributed by atoms with E-state index in [0.717, 1.165) is 19.4 Å². The molecule has 2 aromatic carbocycles. The second-order valence-electron chi connectivity index (χ2n) is 9.12. The van der Waals surface area contributed by atoms with Gasteiger partial charge in [-0.15, -0.1) is 0 Å². The molecule has 0 radical (unpaired) electrons. The van der Waals surface area contributed by atoms with Gasteiger partial charge in [-0.1, -0.05) is 5.16 Å². The SMILES string of the molecule is O=C(Nc1ccc(S(=O)(=O)N2CCOCC2)cc1)C1CCCN(Cc2nc(-c3ccc(F)cc3)no2)C1. The van der Waals surface area contributed by atoms with Crippen molar-refractivity contribution < 1.29 is 26.9 Å². The van der Waals surface area contributed by atoms with E-state index in [1.807, 2.05) is 0 Å². The van der Waals surface area contributed by atoms with Crippen molar-refractivity contribution in [1.29, 1.82) is 0 Å². The molecule has 37 heavy (non-hydrogen) atoms. The number of piperidine rings is 1. The zero-order valence-electron chi connectivity index (χ0n) is 20.2. The van der Waals surface area contributed by atoms with E-state index < -0.39 is 10.0 Å². The van der Waals surface area contributed by atoms with Gasteiger partial charge in [0.25, 0.3) is 0 Å². The lowest BCUT2D eigenvalue weighted by Gasteiger charge is -2.30. The summed E-state index contributed by atoms with van der Waals surface area (Å²) in [5.74, 6) is 0.132. The fraction of sp³-hybridized carbons (Fsp3) is 0.400. The minimum Gasteiger partial charge on any atom is -0.379 e. The Labute approximate surface area is 214 Å². The molecule has 10 nitrogen and oxygen atoms in total. The zero-order chi connectivity index (χ0) is 25.8. The van der Waals surface area contributed by atoms with Gasteiger partial charge in [-0.25, -0.2) is 12.8 Å². The number of nitrogens with zero attached hydrogens (tertiary/aromatic N) is 4. The van der Waals surface area contributed by atoms with Gasteiger partial charge < -0.3 is 14.6 Å². The van der Waals surface area contributed by atoms with Crippen LogP contribution in [0.5, 0.6) is 0 Å². The third-order valence-electron chi connectivity index (χ3n) is 6.54. The second-order valence-corrected chi connectivity index (χ2v) is 11.1. The Bertz CT molecular complexity index is 1320. The first-order valence-electron chi connectivity index (χ1n) is 12.2. The summed E-state index contributed by atoms with van der Waals surface area (Å²) >= 11 is 0. The summed E-state index contributed by atoms with van der Waals surface area (Å²) in [4.78, 5) is 19.6. The molecule has 2 aliphatic heterocycles. The molecule has 2 fully saturated rings. The Morgan fingerprint density at radius 1 is 1.05 bits per heavy atom. The van der Waals surface area contributed by atoms with Crippen molar-refractivity contribution in [2.24, 2.45) is 5.92 Å². The van der Waals surface area contributed by atoms with Crippen molar-refractivity contribution in [3.8, 4) is 11.4 Å². The van der Waals surface area contributed by atoms with Crippen LogP contribution in [0.25, 0.3) is 11.4 Å². The number of anilines is 1. The number of carbonyl (C=O) groups is 1. The molecular formula is C25H28FN5O5S. The zero-order valence-corrected chi connectivity index (χ0v) is 21.0. The third kappa shape index (κ3) is 6.04. The second kappa shape index (κ2) is 11.1. The average Bonchev–Trinajstić information content (AvgIpc) is 3.38. The number of ether oxygens (including phenoxy) is 1. The van der Waals surface area contributed by atoms with E-state index >= 15 is 0 Å². The van der Waals surface area contributed by atoms with E-state index in [0.29, 0.717) is 62.4 Å². The molecule has 1 aromatic heterocycles. The summed E-state index contributed by atoms with van der Waals surface area (Å²) in [6, 6.07) is 12.1. The van der Waals surface area contributed by atoms with Crippen molar-refractivity contribution in [3.05, 3.63) is 60.2 Å². The molecule has 3 heterocycles. The largest absolute Gasteiger partial charge is 0.379 e. The highest BCUT2D eigenvalue weighted by atomic mass is 32.2. The molecule has 1 atom stereocenters. The summed E-state index contributed by atoms with van der Waals surface area (Å²) in [6.45, 7) is 3.16. The Morgan fingerprint density at radius 3 is 2.51 bits per heavy atom. The Morgan fingerprint density at radius 2 is 1.78 bits per heavy atom. The molecular weight excluding hydrogens is 501 g/mol. The number of morpholine rings is 1. The van der Waals surface area contributed by atoms with E-state index in [1.165, 1.54) is 28.6 Å². The van der Waals surface area contributed by atoms with Crippen molar-refractivity contribution >= 4 is 21.6 Å².